The van der Waals surface area contributed by atoms with Crippen LogP contribution in [0.2, 0.25) is 0 Å². The average Bonchev–Trinajstić information content (AvgIpc) is 2.76. The highest BCUT2D eigenvalue weighted by atomic mass is 16.2. The normalized spacial score (nSPS) is 16.2. The zero-order valence-corrected chi connectivity index (χ0v) is 10.4. The van der Waals surface area contributed by atoms with Crippen LogP contribution < -0.4 is 5.32 Å². The summed E-state index contributed by atoms with van der Waals surface area (Å²) in [5.41, 5.74) is 1.11. The van der Waals surface area contributed by atoms with E-state index in [4.69, 9.17) is 0 Å². The van der Waals surface area contributed by atoms with Gasteiger partial charge in [0.05, 0.1) is 12.7 Å². The number of likely N-dealkylation sites (tertiary alicyclic amines) is 1. The third-order valence-corrected chi connectivity index (χ3v) is 3.07. The Morgan fingerprint density at radius 3 is 2.82 bits per heavy atom. The molecule has 1 aliphatic heterocycles. The van der Waals surface area contributed by atoms with E-state index in [1.807, 2.05) is 24.3 Å². The van der Waals surface area contributed by atoms with E-state index in [0.717, 1.165) is 31.5 Å². The number of piperidine rings is 1. The quantitative estimate of drug-likeness (QED) is 0.829. The Morgan fingerprint density at radius 2 is 2.18 bits per heavy atom. The van der Waals surface area contributed by atoms with Crippen molar-refractivity contribution >= 4 is 5.91 Å². The second-order valence-corrected chi connectivity index (χ2v) is 4.57. The van der Waals surface area contributed by atoms with Gasteiger partial charge in [0.1, 0.15) is 0 Å². The summed E-state index contributed by atoms with van der Waals surface area (Å²) < 4.78 is 1.77. The SMILES string of the molecule is Cn1cc(CNCC(=O)N2CCCCC2)cn1. The van der Waals surface area contributed by atoms with Crippen molar-refractivity contribution in [2.24, 2.45) is 7.05 Å². The molecule has 1 saturated heterocycles. The van der Waals surface area contributed by atoms with Crippen LogP contribution in [-0.4, -0.2) is 40.2 Å². The van der Waals surface area contributed by atoms with E-state index < -0.39 is 0 Å². The predicted octanol–water partition coefficient (Wildman–Crippen LogP) is 0.522. The largest absolute Gasteiger partial charge is 0.342 e. The van der Waals surface area contributed by atoms with Crippen LogP contribution >= 0.6 is 0 Å². The van der Waals surface area contributed by atoms with Gasteiger partial charge in [-0.25, -0.2) is 0 Å². The van der Waals surface area contributed by atoms with Crippen LogP contribution in [-0.2, 0) is 18.4 Å². The first-order valence-corrected chi connectivity index (χ1v) is 6.22. The lowest BCUT2D eigenvalue weighted by molar-refractivity contribution is -0.131. The molecule has 1 N–H and O–H groups in total. The van der Waals surface area contributed by atoms with Crippen LogP contribution in [0.15, 0.2) is 12.4 Å². The fourth-order valence-corrected chi connectivity index (χ4v) is 2.13. The van der Waals surface area contributed by atoms with Gasteiger partial charge in [-0.2, -0.15) is 5.10 Å². The maximum atomic E-state index is 11.8. The smallest absolute Gasteiger partial charge is 0.236 e. The van der Waals surface area contributed by atoms with Crippen LogP contribution in [0, 0.1) is 0 Å². The topological polar surface area (TPSA) is 50.2 Å². The molecule has 5 heteroatoms. The molecule has 2 rings (SSSR count). The van der Waals surface area contributed by atoms with Crippen LogP contribution in [0.5, 0.6) is 0 Å². The summed E-state index contributed by atoms with van der Waals surface area (Å²) >= 11 is 0. The first kappa shape index (κ1) is 12.1. The lowest BCUT2D eigenvalue weighted by Crippen LogP contribution is -2.40. The summed E-state index contributed by atoms with van der Waals surface area (Å²) in [7, 11) is 1.89. The van der Waals surface area contributed by atoms with Crippen molar-refractivity contribution in [2.75, 3.05) is 19.6 Å². The minimum absolute atomic E-state index is 0.216. The molecule has 5 nitrogen and oxygen atoms in total. The number of aryl methyl sites for hydroxylation is 1. The summed E-state index contributed by atoms with van der Waals surface area (Å²) in [6.07, 6.45) is 7.33. The van der Waals surface area contributed by atoms with E-state index in [-0.39, 0.29) is 5.91 Å². The fourth-order valence-electron chi connectivity index (χ4n) is 2.13. The number of carbonyl (C=O) groups is 1. The van der Waals surface area contributed by atoms with E-state index in [9.17, 15) is 4.79 Å². The molecule has 1 aromatic rings. The third-order valence-electron chi connectivity index (χ3n) is 3.07. The number of aromatic nitrogens is 2. The first-order valence-electron chi connectivity index (χ1n) is 6.22. The van der Waals surface area contributed by atoms with Crippen molar-refractivity contribution in [2.45, 2.75) is 25.8 Å². The number of hydrogen-bond donors (Lipinski definition) is 1. The molecule has 2 heterocycles. The Morgan fingerprint density at radius 1 is 1.41 bits per heavy atom. The summed E-state index contributed by atoms with van der Waals surface area (Å²) in [6.45, 7) is 2.98. The Kier molecular flexibility index (Phi) is 4.14. The van der Waals surface area contributed by atoms with Crippen LogP contribution in [0.1, 0.15) is 24.8 Å². The van der Waals surface area contributed by atoms with Gasteiger partial charge in [0.15, 0.2) is 0 Å². The van der Waals surface area contributed by atoms with Crippen molar-refractivity contribution in [3.05, 3.63) is 18.0 Å². The van der Waals surface area contributed by atoms with Gasteiger partial charge in [-0.1, -0.05) is 0 Å². The lowest BCUT2D eigenvalue weighted by atomic mass is 10.1. The maximum absolute atomic E-state index is 11.8. The van der Waals surface area contributed by atoms with E-state index in [1.165, 1.54) is 6.42 Å². The highest BCUT2D eigenvalue weighted by Crippen LogP contribution is 2.08. The second-order valence-electron chi connectivity index (χ2n) is 4.57. The number of nitrogens with zero attached hydrogens (tertiary/aromatic N) is 3. The van der Waals surface area contributed by atoms with Crippen molar-refractivity contribution in [1.29, 1.82) is 0 Å². The molecule has 17 heavy (non-hydrogen) atoms. The van der Waals surface area contributed by atoms with E-state index in [2.05, 4.69) is 10.4 Å². The summed E-state index contributed by atoms with van der Waals surface area (Å²) in [5.74, 6) is 0.216. The van der Waals surface area contributed by atoms with Gasteiger partial charge in [0.25, 0.3) is 0 Å². The minimum Gasteiger partial charge on any atom is -0.342 e. The molecule has 1 fully saturated rings. The lowest BCUT2D eigenvalue weighted by Gasteiger charge is -2.26. The standard InChI is InChI=1S/C12H20N4O/c1-15-10-11(8-14-15)7-13-9-12(17)16-5-3-2-4-6-16/h8,10,13H,2-7,9H2,1H3. The molecule has 1 aliphatic rings. The molecule has 0 spiro atoms. The molecular weight excluding hydrogens is 216 g/mol. The van der Waals surface area contributed by atoms with Crippen molar-refractivity contribution in [3.63, 3.8) is 0 Å². The maximum Gasteiger partial charge on any atom is 0.236 e. The molecule has 0 atom stereocenters. The number of rotatable bonds is 4. The van der Waals surface area contributed by atoms with Gasteiger partial charge in [-0.3, -0.25) is 9.48 Å². The van der Waals surface area contributed by atoms with Crippen molar-refractivity contribution < 1.29 is 4.79 Å². The summed E-state index contributed by atoms with van der Waals surface area (Å²) in [6, 6.07) is 0. The number of amides is 1. The van der Waals surface area contributed by atoms with Crippen LogP contribution in [0.25, 0.3) is 0 Å². The molecule has 0 aliphatic carbocycles. The predicted molar refractivity (Wildman–Crippen MR) is 65.3 cm³/mol. The average molecular weight is 236 g/mol. The Balaban J connectivity index is 1.69. The molecular formula is C12H20N4O. The van der Waals surface area contributed by atoms with Crippen molar-refractivity contribution in [3.8, 4) is 0 Å². The Hall–Kier alpha value is -1.36. The molecule has 1 aromatic heterocycles. The molecule has 94 valence electrons. The first-order chi connectivity index (χ1) is 8.25. The van der Waals surface area contributed by atoms with E-state index >= 15 is 0 Å². The van der Waals surface area contributed by atoms with Crippen molar-refractivity contribution in [1.82, 2.24) is 20.0 Å². The van der Waals surface area contributed by atoms with E-state index in [1.54, 1.807) is 4.68 Å². The molecule has 0 unspecified atom stereocenters. The van der Waals surface area contributed by atoms with E-state index in [0.29, 0.717) is 13.1 Å². The molecule has 0 saturated carbocycles. The molecule has 1 amide bonds. The fraction of sp³-hybridized carbons (Fsp3) is 0.667. The van der Waals surface area contributed by atoms with Gasteiger partial charge in [-0.05, 0) is 19.3 Å². The highest BCUT2D eigenvalue weighted by molar-refractivity contribution is 5.78. The molecule has 0 bridgehead atoms. The van der Waals surface area contributed by atoms with Gasteiger partial charge in [0.2, 0.25) is 5.91 Å². The zero-order valence-electron chi connectivity index (χ0n) is 10.4. The Labute approximate surface area is 102 Å². The monoisotopic (exact) mass is 236 g/mol. The van der Waals surface area contributed by atoms with Gasteiger partial charge >= 0.3 is 0 Å². The highest BCUT2D eigenvalue weighted by Gasteiger charge is 2.15. The number of nitrogens with one attached hydrogen (secondary N) is 1. The van der Waals surface area contributed by atoms with Gasteiger partial charge in [0, 0.05) is 38.4 Å². The van der Waals surface area contributed by atoms with Gasteiger partial charge < -0.3 is 10.2 Å². The van der Waals surface area contributed by atoms with Gasteiger partial charge in [-0.15, -0.1) is 0 Å². The van der Waals surface area contributed by atoms with Crippen LogP contribution in [0.4, 0.5) is 0 Å². The Bertz CT molecular complexity index is 368. The molecule has 0 aromatic carbocycles. The minimum atomic E-state index is 0.216. The molecule has 0 radical (unpaired) electrons. The third kappa shape index (κ3) is 3.56. The number of carbonyl (C=O) groups excluding carboxylic acids is 1. The summed E-state index contributed by atoms with van der Waals surface area (Å²) in [4.78, 5) is 13.8. The zero-order chi connectivity index (χ0) is 12.1. The van der Waals surface area contributed by atoms with Crippen LogP contribution in [0.3, 0.4) is 0 Å². The number of hydrogen-bond acceptors (Lipinski definition) is 3. The summed E-state index contributed by atoms with van der Waals surface area (Å²) in [5, 5.41) is 7.25. The second kappa shape index (κ2) is 5.82.